The first-order valence-corrected chi connectivity index (χ1v) is 7.21. The van der Waals surface area contributed by atoms with Gasteiger partial charge in [0.05, 0.1) is 5.75 Å². The van der Waals surface area contributed by atoms with Gasteiger partial charge in [-0.1, -0.05) is 6.92 Å². The van der Waals surface area contributed by atoms with Crippen molar-refractivity contribution < 1.29 is 8.42 Å². The van der Waals surface area contributed by atoms with E-state index in [0.717, 1.165) is 6.54 Å². The van der Waals surface area contributed by atoms with Crippen molar-refractivity contribution >= 4 is 9.84 Å². The van der Waals surface area contributed by atoms with Crippen LogP contribution in [0.5, 0.6) is 0 Å². The fraction of sp³-hybridized carbons (Fsp3) is 1.00. The molecule has 2 unspecified atom stereocenters. The number of nitrogens with zero attached hydrogens (tertiary/aromatic N) is 1. The Labute approximate surface area is 94.0 Å². The van der Waals surface area contributed by atoms with Crippen LogP contribution in [0.2, 0.25) is 0 Å². The number of rotatable bonds is 7. The van der Waals surface area contributed by atoms with Crippen LogP contribution in [-0.2, 0) is 9.84 Å². The van der Waals surface area contributed by atoms with Gasteiger partial charge in [-0.05, 0) is 27.9 Å². The lowest BCUT2D eigenvalue weighted by Crippen LogP contribution is -2.41. The summed E-state index contributed by atoms with van der Waals surface area (Å²) in [7, 11) is 1.16. The number of sulfone groups is 1. The van der Waals surface area contributed by atoms with E-state index >= 15 is 0 Å². The van der Waals surface area contributed by atoms with Crippen molar-refractivity contribution in [2.24, 2.45) is 0 Å². The van der Waals surface area contributed by atoms with Crippen LogP contribution >= 0.6 is 0 Å². The lowest BCUT2D eigenvalue weighted by molar-refractivity contribution is 0.297. The fourth-order valence-corrected chi connectivity index (χ4v) is 2.23. The fourth-order valence-electron chi connectivity index (χ4n) is 1.11. The maximum Gasteiger partial charge on any atom is 0.151 e. The molecule has 0 spiro atoms. The van der Waals surface area contributed by atoms with Gasteiger partial charge in [-0.3, -0.25) is 0 Å². The van der Waals surface area contributed by atoms with Crippen LogP contribution in [0.25, 0.3) is 0 Å². The molecule has 0 aromatic heterocycles. The molecule has 0 bridgehead atoms. The van der Waals surface area contributed by atoms with E-state index in [0.29, 0.717) is 6.04 Å². The third kappa shape index (κ3) is 6.87. The molecule has 0 aliphatic heterocycles. The molecule has 0 saturated heterocycles. The Morgan fingerprint density at radius 2 is 1.80 bits per heavy atom. The molecular weight excluding hydrogens is 212 g/mol. The third-order valence-corrected chi connectivity index (χ3v) is 4.47. The van der Waals surface area contributed by atoms with E-state index < -0.39 is 9.84 Å². The molecule has 0 heterocycles. The smallest absolute Gasteiger partial charge is 0.151 e. The number of hydrogen-bond acceptors (Lipinski definition) is 4. The minimum atomic E-state index is -2.86. The molecule has 0 aliphatic rings. The topological polar surface area (TPSA) is 49.4 Å². The largest absolute Gasteiger partial charge is 0.312 e. The summed E-state index contributed by atoms with van der Waals surface area (Å²) in [4.78, 5) is 2.11. The molecule has 15 heavy (non-hydrogen) atoms. The Kier molecular flexibility index (Phi) is 6.40. The van der Waals surface area contributed by atoms with Crippen LogP contribution in [0.15, 0.2) is 0 Å². The summed E-state index contributed by atoms with van der Waals surface area (Å²) < 4.78 is 22.7. The molecule has 0 aliphatic carbocycles. The average molecular weight is 236 g/mol. The van der Waals surface area contributed by atoms with Gasteiger partial charge >= 0.3 is 0 Å². The van der Waals surface area contributed by atoms with Crippen LogP contribution in [0.1, 0.15) is 20.8 Å². The molecule has 0 aromatic carbocycles. The summed E-state index contributed by atoms with van der Waals surface area (Å²) >= 11 is 0. The molecule has 0 rings (SSSR count). The normalized spacial score (nSPS) is 16.7. The number of hydrogen-bond donors (Lipinski definition) is 1. The van der Waals surface area contributed by atoms with Gasteiger partial charge in [0, 0.05) is 24.4 Å². The minimum Gasteiger partial charge on any atom is -0.312 e. The van der Waals surface area contributed by atoms with E-state index in [2.05, 4.69) is 17.1 Å². The van der Waals surface area contributed by atoms with Crippen molar-refractivity contribution in [1.82, 2.24) is 10.2 Å². The highest BCUT2D eigenvalue weighted by atomic mass is 32.2. The summed E-state index contributed by atoms with van der Waals surface area (Å²) in [6, 6.07) is 0.439. The van der Waals surface area contributed by atoms with Gasteiger partial charge in [0.15, 0.2) is 9.84 Å². The molecule has 92 valence electrons. The van der Waals surface area contributed by atoms with Gasteiger partial charge in [0.1, 0.15) is 0 Å². The van der Waals surface area contributed by atoms with Gasteiger partial charge < -0.3 is 10.2 Å². The average Bonchev–Trinajstić information content (AvgIpc) is 2.13. The summed E-state index contributed by atoms with van der Waals surface area (Å²) in [5.74, 6) is 0.450. The van der Waals surface area contributed by atoms with Crippen LogP contribution < -0.4 is 5.32 Å². The zero-order chi connectivity index (χ0) is 12.1. The van der Waals surface area contributed by atoms with Gasteiger partial charge in [0.2, 0.25) is 0 Å². The highest BCUT2D eigenvalue weighted by Gasteiger charge is 2.14. The summed E-state index contributed by atoms with van der Waals surface area (Å²) in [5, 5.41) is 3.23. The van der Waals surface area contributed by atoms with Crippen molar-refractivity contribution in [2.75, 3.05) is 32.1 Å². The van der Waals surface area contributed by atoms with Crippen LogP contribution in [0, 0.1) is 0 Å². The molecule has 1 N–H and O–H groups in total. The van der Waals surface area contributed by atoms with E-state index in [4.69, 9.17) is 0 Å². The molecule has 5 heteroatoms. The van der Waals surface area contributed by atoms with Crippen LogP contribution in [0.3, 0.4) is 0 Å². The van der Waals surface area contributed by atoms with E-state index in [-0.39, 0.29) is 17.5 Å². The quantitative estimate of drug-likeness (QED) is 0.693. The Bertz CT molecular complexity index is 263. The predicted octanol–water partition coefficient (Wildman–Crippen LogP) is 0.349. The van der Waals surface area contributed by atoms with Crippen LogP contribution in [0.4, 0.5) is 0 Å². The van der Waals surface area contributed by atoms with Crippen molar-refractivity contribution in [1.29, 1.82) is 0 Å². The van der Waals surface area contributed by atoms with Gasteiger partial charge in [-0.15, -0.1) is 0 Å². The standard InChI is InChI=1S/C10H24N2O2S/c1-6-15(13,14)8-9(2)11-7-10(3)12(4)5/h9-11H,6-8H2,1-5H3. The van der Waals surface area contributed by atoms with E-state index in [1.54, 1.807) is 6.92 Å². The highest BCUT2D eigenvalue weighted by molar-refractivity contribution is 7.91. The van der Waals surface area contributed by atoms with Gasteiger partial charge in [-0.2, -0.15) is 0 Å². The monoisotopic (exact) mass is 236 g/mol. The number of likely N-dealkylation sites (N-methyl/N-ethyl adjacent to an activating group) is 1. The Balaban J connectivity index is 3.90. The second-order valence-corrected chi connectivity index (χ2v) is 6.72. The zero-order valence-corrected chi connectivity index (χ0v) is 11.3. The summed E-state index contributed by atoms with van der Waals surface area (Å²) in [6.45, 7) is 6.52. The third-order valence-electron chi connectivity index (χ3n) is 2.59. The van der Waals surface area contributed by atoms with Crippen molar-refractivity contribution in [3.05, 3.63) is 0 Å². The number of nitrogens with one attached hydrogen (secondary N) is 1. The van der Waals surface area contributed by atoms with Gasteiger partial charge in [-0.25, -0.2) is 8.42 Å². The molecule has 0 saturated carbocycles. The lowest BCUT2D eigenvalue weighted by Gasteiger charge is -2.22. The summed E-state index contributed by atoms with van der Waals surface area (Å²) in [5.41, 5.74) is 0. The van der Waals surface area contributed by atoms with Crippen molar-refractivity contribution in [3.8, 4) is 0 Å². The second kappa shape index (κ2) is 6.45. The minimum absolute atomic E-state index is 0.0253. The van der Waals surface area contributed by atoms with Crippen molar-refractivity contribution in [2.45, 2.75) is 32.9 Å². The SMILES string of the molecule is CCS(=O)(=O)CC(C)NCC(C)N(C)C. The molecule has 4 nitrogen and oxygen atoms in total. The van der Waals surface area contributed by atoms with E-state index in [1.165, 1.54) is 0 Å². The van der Waals surface area contributed by atoms with Gasteiger partial charge in [0.25, 0.3) is 0 Å². The maximum absolute atomic E-state index is 11.3. The van der Waals surface area contributed by atoms with E-state index in [9.17, 15) is 8.42 Å². The molecule has 2 atom stereocenters. The Morgan fingerprint density at radius 1 is 1.27 bits per heavy atom. The van der Waals surface area contributed by atoms with Crippen molar-refractivity contribution in [3.63, 3.8) is 0 Å². The summed E-state index contributed by atoms with van der Waals surface area (Å²) in [6.07, 6.45) is 0. The molecular formula is C10H24N2O2S. The molecule has 0 radical (unpaired) electrons. The maximum atomic E-state index is 11.3. The molecule has 0 amide bonds. The lowest BCUT2D eigenvalue weighted by atomic mass is 10.3. The molecule has 0 aromatic rings. The predicted molar refractivity (Wildman–Crippen MR) is 64.9 cm³/mol. The van der Waals surface area contributed by atoms with E-state index in [1.807, 2.05) is 21.0 Å². The zero-order valence-electron chi connectivity index (χ0n) is 10.4. The van der Waals surface area contributed by atoms with Crippen LogP contribution in [-0.4, -0.2) is 57.5 Å². The Morgan fingerprint density at radius 3 is 2.20 bits per heavy atom. The first kappa shape index (κ1) is 14.9. The molecule has 0 fully saturated rings. The highest BCUT2D eigenvalue weighted by Crippen LogP contribution is 1.96. The first-order chi connectivity index (χ1) is 6.78. The second-order valence-electron chi connectivity index (χ2n) is 4.32. The first-order valence-electron chi connectivity index (χ1n) is 5.38. The Hall–Kier alpha value is -0.130.